The Labute approximate surface area is 106 Å². The Morgan fingerprint density at radius 1 is 1.53 bits per heavy atom. The van der Waals surface area contributed by atoms with Gasteiger partial charge in [0.15, 0.2) is 5.12 Å². The van der Waals surface area contributed by atoms with Crippen molar-refractivity contribution >= 4 is 22.8 Å². The molecule has 4 nitrogen and oxygen atoms in total. The number of aliphatic hydroxyl groups excluding tert-OH is 1. The van der Waals surface area contributed by atoms with Crippen molar-refractivity contribution in [3.63, 3.8) is 0 Å². The van der Waals surface area contributed by atoms with Crippen LogP contribution in [-0.4, -0.2) is 45.5 Å². The third-order valence-corrected chi connectivity index (χ3v) is 4.65. The summed E-state index contributed by atoms with van der Waals surface area (Å²) in [6.07, 6.45) is 2.91. The van der Waals surface area contributed by atoms with E-state index in [0.29, 0.717) is 13.0 Å². The van der Waals surface area contributed by atoms with E-state index in [1.807, 2.05) is 4.90 Å². The van der Waals surface area contributed by atoms with E-state index < -0.39 is 0 Å². The zero-order chi connectivity index (χ0) is 12.4. The molecule has 1 N–H and O–H groups in total. The lowest BCUT2D eigenvalue weighted by molar-refractivity contribution is -0.131. The maximum absolute atomic E-state index is 11.9. The second-order valence-corrected chi connectivity index (χ2v) is 6.18. The van der Waals surface area contributed by atoms with Gasteiger partial charge in [0.1, 0.15) is 0 Å². The van der Waals surface area contributed by atoms with Crippen molar-refractivity contribution < 1.29 is 14.7 Å². The highest BCUT2D eigenvalue weighted by Gasteiger charge is 2.39. The maximum atomic E-state index is 11.9. The van der Waals surface area contributed by atoms with E-state index in [2.05, 4.69) is 0 Å². The Hall–Kier alpha value is -0.550. The number of amides is 1. The topological polar surface area (TPSA) is 57.6 Å². The summed E-state index contributed by atoms with van der Waals surface area (Å²) in [6.45, 7) is 2.26. The highest BCUT2D eigenvalue weighted by Crippen LogP contribution is 2.31. The fourth-order valence-electron chi connectivity index (χ4n) is 2.76. The Morgan fingerprint density at radius 2 is 2.29 bits per heavy atom. The molecule has 0 spiro atoms. The number of aliphatic hydroxyl groups is 1. The minimum absolute atomic E-state index is 0.0230. The first-order valence-electron chi connectivity index (χ1n) is 6.19. The second kappa shape index (κ2) is 5.40. The average molecular weight is 257 g/mol. The van der Waals surface area contributed by atoms with Gasteiger partial charge in [0.2, 0.25) is 5.91 Å². The molecule has 17 heavy (non-hydrogen) atoms. The predicted molar refractivity (Wildman–Crippen MR) is 66.6 cm³/mol. The van der Waals surface area contributed by atoms with Crippen molar-refractivity contribution in [1.82, 2.24) is 4.90 Å². The summed E-state index contributed by atoms with van der Waals surface area (Å²) < 4.78 is 0. The van der Waals surface area contributed by atoms with Crippen LogP contribution in [0.5, 0.6) is 0 Å². The van der Waals surface area contributed by atoms with E-state index in [0.717, 1.165) is 25.0 Å². The number of hydrogen-bond acceptors (Lipinski definition) is 4. The van der Waals surface area contributed by atoms with Crippen LogP contribution in [0.2, 0.25) is 0 Å². The molecule has 1 amide bonds. The van der Waals surface area contributed by atoms with Crippen LogP contribution >= 0.6 is 11.8 Å². The van der Waals surface area contributed by atoms with Gasteiger partial charge in [0.05, 0.1) is 12.1 Å². The maximum Gasteiger partial charge on any atom is 0.223 e. The number of hydrogen-bond donors (Lipinski definition) is 1. The van der Waals surface area contributed by atoms with Crippen molar-refractivity contribution in [2.75, 3.05) is 12.3 Å². The van der Waals surface area contributed by atoms with E-state index in [-0.39, 0.29) is 29.1 Å². The molecule has 2 rings (SSSR count). The zero-order valence-electron chi connectivity index (χ0n) is 10.1. The van der Waals surface area contributed by atoms with E-state index in [1.165, 1.54) is 11.8 Å². The number of carbonyl (C=O) groups excluding carboxylic acids is 2. The first kappa shape index (κ1) is 12.9. The highest BCUT2D eigenvalue weighted by molar-refractivity contribution is 8.13. The summed E-state index contributed by atoms with van der Waals surface area (Å²) in [6, 6.07) is 0.0230. The Bertz CT molecular complexity index is 321. The minimum atomic E-state index is -0.349. The monoisotopic (exact) mass is 257 g/mol. The highest BCUT2D eigenvalue weighted by atomic mass is 32.2. The molecule has 1 saturated carbocycles. The Morgan fingerprint density at radius 3 is 2.88 bits per heavy atom. The number of carbonyl (C=O) groups is 2. The van der Waals surface area contributed by atoms with E-state index in [9.17, 15) is 14.7 Å². The van der Waals surface area contributed by atoms with Crippen LogP contribution in [0.3, 0.4) is 0 Å². The van der Waals surface area contributed by atoms with Gasteiger partial charge in [0.25, 0.3) is 0 Å². The first-order chi connectivity index (χ1) is 8.08. The summed E-state index contributed by atoms with van der Waals surface area (Å²) >= 11 is 1.30. The predicted octanol–water partition coefficient (Wildman–Crippen LogP) is 1.03. The summed E-state index contributed by atoms with van der Waals surface area (Å²) in [4.78, 5) is 24.6. The van der Waals surface area contributed by atoms with Crippen LogP contribution in [0.25, 0.3) is 0 Å². The van der Waals surface area contributed by atoms with Crippen LogP contribution < -0.4 is 0 Å². The smallest absolute Gasteiger partial charge is 0.223 e. The Balaban J connectivity index is 1.88. The van der Waals surface area contributed by atoms with Crippen LogP contribution in [0.15, 0.2) is 0 Å². The largest absolute Gasteiger partial charge is 0.391 e. The molecule has 0 bridgehead atoms. The molecule has 0 aromatic carbocycles. The minimum Gasteiger partial charge on any atom is -0.391 e. The molecule has 0 radical (unpaired) electrons. The average Bonchev–Trinajstić information content (AvgIpc) is 2.81. The molecule has 1 saturated heterocycles. The molecule has 96 valence electrons. The van der Waals surface area contributed by atoms with Crippen molar-refractivity contribution in [1.29, 1.82) is 0 Å². The normalized spacial score (nSPS) is 33.4. The zero-order valence-corrected chi connectivity index (χ0v) is 10.9. The standard InChI is InChI=1S/C12H19NO3S/c1-8(14)17-7-9-5-12(16)13(6-9)10-3-2-4-11(10)15/h9-11,15H,2-7H2,1H3. The number of likely N-dealkylation sites (tertiary alicyclic amines) is 1. The van der Waals surface area contributed by atoms with Crippen LogP contribution in [-0.2, 0) is 9.59 Å². The third-order valence-electron chi connectivity index (χ3n) is 3.61. The molecule has 0 aromatic rings. The number of thioether (sulfide) groups is 1. The lowest BCUT2D eigenvalue weighted by Gasteiger charge is -2.27. The van der Waals surface area contributed by atoms with E-state index in [1.54, 1.807) is 6.92 Å². The molecular formula is C12H19NO3S. The SMILES string of the molecule is CC(=O)SCC1CC(=O)N(C2CCCC2O)C1. The number of rotatable bonds is 3. The molecule has 5 heteroatoms. The Kier molecular flexibility index (Phi) is 4.09. The number of nitrogens with zero attached hydrogens (tertiary/aromatic N) is 1. The van der Waals surface area contributed by atoms with E-state index >= 15 is 0 Å². The molecule has 3 atom stereocenters. The lowest BCUT2D eigenvalue weighted by atomic mass is 10.1. The molecule has 3 unspecified atom stereocenters. The third kappa shape index (κ3) is 3.01. The molecule has 1 aliphatic heterocycles. The van der Waals surface area contributed by atoms with Crippen molar-refractivity contribution in [2.45, 2.75) is 44.8 Å². The molecule has 0 aromatic heterocycles. The van der Waals surface area contributed by atoms with E-state index in [4.69, 9.17) is 0 Å². The van der Waals surface area contributed by atoms with Crippen molar-refractivity contribution in [2.24, 2.45) is 5.92 Å². The van der Waals surface area contributed by atoms with Gasteiger partial charge in [-0.1, -0.05) is 11.8 Å². The molecular weight excluding hydrogens is 238 g/mol. The summed E-state index contributed by atoms with van der Waals surface area (Å²) in [7, 11) is 0. The van der Waals surface area contributed by atoms with Gasteiger partial charge in [0, 0.05) is 25.6 Å². The lowest BCUT2D eigenvalue weighted by Crippen LogP contribution is -2.41. The van der Waals surface area contributed by atoms with Gasteiger partial charge in [-0.05, 0) is 25.2 Å². The quantitative estimate of drug-likeness (QED) is 0.820. The molecule has 2 aliphatic rings. The molecule has 1 aliphatic carbocycles. The first-order valence-corrected chi connectivity index (χ1v) is 7.17. The van der Waals surface area contributed by atoms with Gasteiger partial charge in [-0.3, -0.25) is 9.59 Å². The summed E-state index contributed by atoms with van der Waals surface area (Å²) in [5, 5.41) is 9.93. The summed E-state index contributed by atoms with van der Waals surface area (Å²) in [5.74, 6) is 1.13. The van der Waals surface area contributed by atoms with Gasteiger partial charge in [-0.2, -0.15) is 0 Å². The van der Waals surface area contributed by atoms with Gasteiger partial charge in [-0.25, -0.2) is 0 Å². The molecule has 1 heterocycles. The van der Waals surface area contributed by atoms with Gasteiger partial charge in [-0.15, -0.1) is 0 Å². The fourth-order valence-corrected chi connectivity index (χ4v) is 3.45. The van der Waals surface area contributed by atoms with Crippen molar-refractivity contribution in [3.8, 4) is 0 Å². The van der Waals surface area contributed by atoms with Crippen LogP contribution in [0, 0.1) is 5.92 Å². The van der Waals surface area contributed by atoms with Gasteiger partial charge >= 0.3 is 0 Å². The van der Waals surface area contributed by atoms with Crippen LogP contribution in [0.1, 0.15) is 32.6 Å². The van der Waals surface area contributed by atoms with Crippen LogP contribution in [0.4, 0.5) is 0 Å². The van der Waals surface area contributed by atoms with Gasteiger partial charge < -0.3 is 10.0 Å². The van der Waals surface area contributed by atoms with Crippen molar-refractivity contribution in [3.05, 3.63) is 0 Å². The second-order valence-electron chi connectivity index (χ2n) is 4.98. The fraction of sp³-hybridized carbons (Fsp3) is 0.833. The summed E-state index contributed by atoms with van der Waals surface area (Å²) in [5.41, 5.74) is 0. The molecule has 2 fully saturated rings.